The average Bonchev–Trinajstić information content (AvgIpc) is 2.71. The van der Waals surface area contributed by atoms with E-state index in [9.17, 15) is 19.8 Å². The van der Waals surface area contributed by atoms with E-state index in [0.717, 1.165) is 0 Å². The smallest absolute Gasteiger partial charge is 0.336 e. The Hall–Kier alpha value is -3.71. The van der Waals surface area contributed by atoms with Gasteiger partial charge in [-0.15, -0.1) is 0 Å². The second-order valence-electron chi connectivity index (χ2n) is 8.59. The number of anilines is 1. The maximum absolute atomic E-state index is 12.2. The van der Waals surface area contributed by atoms with Gasteiger partial charge in [0.15, 0.2) is 5.43 Å². The number of aromatic carboxylic acids is 1. The molecule has 1 aliphatic carbocycles. The molecule has 162 valence electrons. The van der Waals surface area contributed by atoms with Gasteiger partial charge < -0.3 is 19.9 Å². The van der Waals surface area contributed by atoms with Crippen LogP contribution in [0.25, 0.3) is 33.4 Å². The molecule has 2 aromatic rings. The van der Waals surface area contributed by atoms with Crippen LogP contribution >= 0.6 is 12.2 Å². The van der Waals surface area contributed by atoms with Gasteiger partial charge in [0.1, 0.15) is 17.1 Å². The van der Waals surface area contributed by atoms with E-state index in [1.54, 1.807) is 30.3 Å². The van der Waals surface area contributed by atoms with Crippen molar-refractivity contribution < 1.29 is 19.4 Å². The summed E-state index contributed by atoms with van der Waals surface area (Å²) in [4.78, 5) is 24.7. The zero-order chi connectivity index (χ0) is 23.2. The highest BCUT2D eigenvalue weighted by atomic mass is 32.1. The van der Waals surface area contributed by atoms with Crippen LogP contribution in [0.4, 0.5) is 5.69 Å². The van der Waals surface area contributed by atoms with Gasteiger partial charge in [-0.1, -0.05) is 39.1 Å². The van der Waals surface area contributed by atoms with Crippen LogP contribution in [0.2, 0.25) is 0 Å². The van der Waals surface area contributed by atoms with Gasteiger partial charge in [0.25, 0.3) is 0 Å². The van der Waals surface area contributed by atoms with Gasteiger partial charge >= 0.3 is 5.97 Å². The van der Waals surface area contributed by atoms with E-state index in [-0.39, 0.29) is 22.2 Å². The first-order chi connectivity index (χ1) is 15.0. The molecule has 0 fully saturated rings. The molecule has 0 atom stereocenters. The molecular weight excluding hydrogens is 426 g/mol. The number of phenolic OH excluding ortho intramolecular Hbond substituents is 1. The SMILES string of the molecule is CC(C)(C)C(=S)Nc1ccc(-c2c3ccc(=O)cc-3oc3cc(O)ccc23)c(C(=O)O)c1. The van der Waals surface area contributed by atoms with E-state index < -0.39 is 5.97 Å². The van der Waals surface area contributed by atoms with Crippen LogP contribution < -0.4 is 10.7 Å². The molecule has 6 nitrogen and oxygen atoms in total. The first-order valence-electron chi connectivity index (χ1n) is 9.93. The molecule has 32 heavy (non-hydrogen) atoms. The molecule has 0 saturated heterocycles. The van der Waals surface area contributed by atoms with Crippen molar-refractivity contribution in [1.82, 2.24) is 0 Å². The van der Waals surface area contributed by atoms with Crippen LogP contribution in [0.15, 0.2) is 63.8 Å². The highest BCUT2D eigenvalue weighted by Gasteiger charge is 2.23. The van der Waals surface area contributed by atoms with Gasteiger partial charge in [0.05, 0.1) is 10.6 Å². The van der Waals surface area contributed by atoms with Crippen molar-refractivity contribution >= 4 is 39.8 Å². The molecule has 0 radical (unpaired) electrons. The zero-order valence-electron chi connectivity index (χ0n) is 17.7. The fourth-order valence-corrected chi connectivity index (χ4v) is 3.60. The van der Waals surface area contributed by atoms with E-state index in [2.05, 4.69) is 5.32 Å². The fourth-order valence-electron chi connectivity index (χ4n) is 3.48. The molecule has 7 heteroatoms. The minimum absolute atomic E-state index is 0.00136. The number of hydrogen-bond donors (Lipinski definition) is 3. The van der Waals surface area contributed by atoms with E-state index >= 15 is 0 Å². The highest BCUT2D eigenvalue weighted by Crippen LogP contribution is 2.42. The maximum atomic E-state index is 12.2. The van der Waals surface area contributed by atoms with Crippen LogP contribution in [-0.2, 0) is 0 Å². The maximum Gasteiger partial charge on any atom is 0.336 e. The standard InChI is InChI=1S/C25H21NO5S/c1-25(2,3)24(32)26-13-4-7-16(19(10-13)23(29)30)22-17-8-5-14(27)11-20(17)31-21-12-15(28)6-9-18(21)22/h4-12,27H,1-3H3,(H,26,32)(H,29,30). The van der Waals surface area contributed by atoms with Crippen LogP contribution in [0.1, 0.15) is 31.1 Å². The highest BCUT2D eigenvalue weighted by molar-refractivity contribution is 7.80. The lowest BCUT2D eigenvalue weighted by Crippen LogP contribution is -2.25. The Morgan fingerprint density at radius 3 is 2.41 bits per heavy atom. The molecule has 0 saturated carbocycles. The van der Waals surface area contributed by atoms with Gasteiger partial charge in [-0.3, -0.25) is 4.79 Å². The molecule has 4 rings (SSSR count). The van der Waals surface area contributed by atoms with Crippen molar-refractivity contribution in [2.24, 2.45) is 5.41 Å². The summed E-state index contributed by atoms with van der Waals surface area (Å²) in [6, 6.07) is 14.0. The lowest BCUT2D eigenvalue weighted by molar-refractivity contribution is 0.0698. The monoisotopic (exact) mass is 447 g/mol. The number of carbonyl (C=O) groups is 1. The third-order valence-electron chi connectivity index (χ3n) is 5.14. The number of nitrogens with one attached hydrogen (secondary N) is 1. The number of rotatable bonds is 3. The number of phenols is 1. The van der Waals surface area contributed by atoms with Gasteiger partial charge in [-0.25, -0.2) is 4.79 Å². The Morgan fingerprint density at radius 2 is 1.72 bits per heavy atom. The first kappa shape index (κ1) is 21.5. The largest absolute Gasteiger partial charge is 0.508 e. The third kappa shape index (κ3) is 3.94. The first-order valence-corrected chi connectivity index (χ1v) is 10.3. The fraction of sp³-hybridized carbons (Fsp3) is 0.160. The Morgan fingerprint density at radius 1 is 1.00 bits per heavy atom. The number of benzene rings is 3. The average molecular weight is 448 g/mol. The summed E-state index contributed by atoms with van der Waals surface area (Å²) in [7, 11) is 0. The van der Waals surface area contributed by atoms with E-state index in [1.165, 1.54) is 24.3 Å². The number of thiocarbonyl (C=S) groups is 1. The molecule has 1 heterocycles. The number of hydrogen-bond acceptors (Lipinski definition) is 5. The van der Waals surface area contributed by atoms with Crippen molar-refractivity contribution in [2.45, 2.75) is 20.8 Å². The molecule has 1 aliphatic heterocycles. The van der Waals surface area contributed by atoms with Gasteiger partial charge in [0, 0.05) is 39.7 Å². The summed E-state index contributed by atoms with van der Waals surface area (Å²) in [6.45, 7) is 5.92. The van der Waals surface area contributed by atoms with E-state index in [1.807, 2.05) is 20.8 Å². The van der Waals surface area contributed by atoms with Crippen LogP contribution in [0, 0.1) is 5.41 Å². The number of aromatic hydroxyl groups is 1. The molecule has 0 spiro atoms. The van der Waals surface area contributed by atoms with Crippen LogP contribution in [0.5, 0.6) is 5.75 Å². The third-order valence-corrected chi connectivity index (χ3v) is 5.85. The number of carboxylic acid groups (broad SMARTS) is 1. The number of fused-ring (bicyclic) bond motifs is 2. The Balaban J connectivity index is 2.00. The lowest BCUT2D eigenvalue weighted by Gasteiger charge is -2.22. The van der Waals surface area contributed by atoms with Gasteiger partial charge in [0.2, 0.25) is 0 Å². The predicted molar refractivity (Wildman–Crippen MR) is 129 cm³/mol. The topological polar surface area (TPSA) is 99.8 Å². The molecule has 2 aliphatic rings. The Labute approximate surface area is 189 Å². The summed E-state index contributed by atoms with van der Waals surface area (Å²) in [5.41, 5.74) is 2.12. The minimum Gasteiger partial charge on any atom is -0.508 e. The second kappa shape index (κ2) is 7.76. The minimum atomic E-state index is -1.10. The summed E-state index contributed by atoms with van der Waals surface area (Å²) in [6.07, 6.45) is 0. The molecule has 2 aromatic carbocycles. The second-order valence-corrected chi connectivity index (χ2v) is 8.99. The van der Waals surface area contributed by atoms with E-state index in [0.29, 0.717) is 44.1 Å². The normalized spacial score (nSPS) is 11.6. The zero-order valence-corrected chi connectivity index (χ0v) is 18.5. The molecule has 0 aromatic heterocycles. The summed E-state index contributed by atoms with van der Waals surface area (Å²) >= 11 is 5.44. The molecular formula is C25H21NO5S. The molecule has 3 N–H and O–H groups in total. The van der Waals surface area contributed by atoms with Gasteiger partial charge in [-0.05, 0) is 42.0 Å². The van der Waals surface area contributed by atoms with Crippen molar-refractivity contribution in [2.75, 3.05) is 5.32 Å². The van der Waals surface area contributed by atoms with E-state index in [4.69, 9.17) is 16.6 Å². The van der Waals surface area contributed by atoms with Gasteiger partial charge in [-0.2, -0.15) is 0 Å². The summed E-state index contributed by atoms with van der Waals surface area (Å²) in [5.74, 6) is -0.803. The quantitative estimate of drug-likeness (QED) is 0.271. The lowest BCUT2D eigenvalue weighted by atomic mass is 9.90. The Kier molecular flexibility index (Phi) is 5.22. The predicted octanol–water partition coefficient (Wildman–Crippen LogP) is 5.75. The van der Waals surface area contributed by atoms with Crippen molar-refractivity contribution in [3.8, 4) is 28.2 Å². The Bertz CT molecular complexity index is 1410. The van der Waals surface area contributed by atoms with Crippen molar-refractivity contribution in [3.63, 3.8) is 0 Å². The number of carboxylic acids is 1. The van der Waals surface area contributed by atoms with Crippen LogP contribution in [-0.4, -0.2) is 21.2 Å². The van der Waals surface area contributed by atoms with Crippen molar-refractivity contribution in [3.05, 3.63) is 70.4 Å². The molecule has 0 bridgehead atoms. The van der Waals surface area contributed by atoms with Crippen LogP contribution in [0.3, 0.4) is 0 Å². The summed E-state index contributed by atoms with van der Waals surface area (Å²) in [5, 5.41) is 23.6. The molecule has 0 amide bonds. The summed E-state index contributed by atoms with van der Waals surface area (Å²) < 4.78 is 5.85. The van der Waals surface area contributed by atoms with Crippen molar-refractivity contribution in [1.29, 1.82) is 0 Å². The molecule has 0 unspecified atom stereocenters.